The molecule has 0 bridgehead atoms. The van der Waals surface area contributed by atoms with Crippen molar-refractivity contribution in [1.29, 1.82) is 0 Å². The maximum atomic E-state index is 5.11. The average molecular weight is 43.2 g/mol. The molecule has 4 heteroatoms. The van der Waals surface area contributed by atoms with Crippen LogP contribution in [0.5, 0.6) is 0 Å². The van der Waals surface area contributed by atoms with Crippen LogP contribution in [0.2, 0.25) is 0 Å². The minimum absolute atomic E-state index is 0.333. The number of hydrogen-bond donors (Lipinski definition) is 0. The molecular weight excluding hydrogens is 43.2 g/mol. The quantitative estimate of drug-likeness (QED) is 0.289. The van der Waals surface area contributed by atoms with E-state index in [1.54, 1.807) is 0 Å². The second-order valence-corrected chi connectivity index (χ2v) is 0.962. The van der Waals surface area contributed by atoms with E-state index >= 15 is 0 Å². The van der Waals surface area contributed by atoms with E-state index < -0.39 is 0 Å². The predicted octanol–water partition coefficient (Wildman–Crippen LogP) is -1.52. The van der Waals surface area contributed by atoms with Gasteiger partial charge in [0.1, 0.15) is 0 Å². The summed E-state index contributed by atoms with van der Waals surface area (Å²) >= 11 is 0. The van der Waals surface area contributed by atoms with Crippen molar-refractivity contribution < 1.29 is 0 Å². The van der Waals surface area contributed by atoms with Crippen LogP contribution in [0.15, 0.2) is 0 Å². The molecule has 1 fully saturated rings. The summed E-state index contributed by atoms with van der Waals surface area (Å²) in [5, 5.41) is 0. The Morgan fingerprint density at radius 2 is 1.75 bits per heavy atom. The van der Waals surface area contributed by atoms with Gasteiger partial charge in [-0.2, -0.15) is 0 Å². The van der Waals surface area contributed by atoms with Gasteiger partial charge in [-0.3, -0.25) is 0 Å². The Hall–Kier alpha value is 0.260. The number of hydrogen-bond acceptors (Lipinski definition) is 0. The van der Waals surface area contributed by atoms with Crippen molar-refractivity contribution in [2.75, 3.05) is 0 Å². The van der Waals surface area contributed by atoms with Crippen molar-refractivity contribution in [3.8, 4) is 0 Å². The minimum atomic E-state index is 0.333. The lowest BCUT2D eigenvalue weighted by molar-refractivity contribution is 4.27. The lowest BCUT2D eigenvalue weighted by Gasteiger charge is -1.48. The van der Waals surface area contributed by atoms with E-state index in [0.29, 0.717) is 6.39 Å². The Balaban J connectivity index is 2.17. The van der Waals surface area contributed by atoms with Crippen molar-refractivity contribution in [3.05, 3.63) is 0 Å². The highest BCUT2D eigenvalue weighted by molar-refractivity contribution is 7.92. The molecule has 0 N–H and O–H groups in total. The van der Waals surface area contributed by atoms with E-state index in [1.165, 1.54) is 0 Å². The molecule has 0 aromatic carbocycles. The fourth-order valence-corrected chi connectivity index (χ4v) is 0.0642. The van der Waals surface area contributed by atoms with Gasteiger partial charge in [-0.1, -0.05) is 0 Å². The molecule has 0 nitrogen and oxygen atoms in total. The van der Waals surface area contributed by atoms with Gasteiger partial charge < -0.3 is 0 Å². The van der Waals surface area contributed by atoms with Crippen LogP contribution >= 0.6 is 0 Å². The van der Waals surface area contributed by atoms with Gasteiger partial charge >= 0.3 is 0 Å². The van der Waals surface area contributed by atoms with Crippen LogP contribution in [0.25, 0.3) is 0 Å². The summed E-state index contributed by atoms with van der Waals surface area (Å²) in [7, 11) is 9.00. The first kappa shape index (κ1) is 2.49. The fourth-order valence-electron chi connectivity index (χ4n) is 0.0642. The van der Waals surface area contributed by atoms with Gasteiger partial charge in [0.25, 0.3) is 0 Å². The molecule has 0 spiro atoms. The summed E-state index contributed by atoms with van der Waals surface area (Å²) in [6, 6.07) is 0. The molecule has 1 saturated heterocycles. The van der Waals surface area contributed by atoms with Crippen molar-refractivity contribution >= 4 is 28.2 Å². The van der Waals surface area contributed by atoms with E-state index in [2.05, 4.69) is 0 Å². The average Bonchev–Trinajstić information content (AvgIpc) is 1.75. The van der Waals surface area contributed by atoms with E-state index in [0.717, 1.165) is 0 Å². The SMILES string of the molecule is [B]B1[B][B]1. The van der Waals surface area contributed by atoms with Crippen molar-refractivity contribution in [1.82, 2.24) is 0 Å². The molecule has 1 aliphatic heterocycles. The lowest BCUT2D eigenvalue weighted by Crippen LogP contribution is -1.86. The number of rotatable bonds is 0. The van der Waals surface area contributed by atoms with Gasteiger partial charge in [0.2, 0.25) is 0 Å². The Kier molecular flexibility index (Phi) is 0.375. The summed E-state index contributed by atoms with van der Waals surface area (Å²) < 4.78 is 0. The van der Waals surface area contributed by atoms with Gasteiger partial charge in [0, 0.05) is 28.2 Å². The second kappa shape index (κ2) is 0.602. The molecule has 4 heavy (non-hydrogen) atoms. The van der Waals surface area contributed by atoms with Gasteiger partial charge in [0.15, 0.2) is 0 Å². The zero-order valence-corrected chi connectivity index (χ0v) is 2.31. The highest BCUT2D eigenvalue weighted by atomic mass is 13.0. The van der Waals surface area contributed by atoms with Crippen LogP contribution in [0.3, 0.4) is 0 Å². The second-order valence-electron chi connectivity index (χ2n) is 0.962. The van der Waals surface area contributed by atoms with Gasteiger partial charge in [0.05, 0.1) is 0 Å². The molecule has 0 aromatic heterocycles. The molecule has 0 atom stereocenters. The van der Waals surface area contributed by atoms with Crippen LogP contribution in [-0.4, -0.2) is 28.2 Å². The first-order valence-electron chi connectivity index (χ1n) is 1.33. The monoisotopic (exact) mass is 44.0 g/mol. The Morgan fingerprint density at radius 1 is 1.50 bits per heavy atom. The van der Waals surface area contributed by atoms with Crippen LogP contribution in [-0.2, 0) is 0 Å². The molecule has 0 saturated carbocycles. The fraction of sp³-hybridized carbons (Fsp3) is 0. The molecular formula is B4. The van der Waals surface area contributed by atoms with E-state index in [9.17, 15) is 0 Å². The smallest absolute Gasteiger partial charge is 0 e. The Morgan fingerprint density at radius 3 is 1.75 bits per heavy atom. The largest absolute Gasteiger partial charge is 0 e. The zero-order chi connectivity index (χ0) is 2.99. The molecule has 0 aliphatic carbocycles. The molecule has 4 radical (unpaired) electrons. The van der Waals surface area contributed by atoms with E-state index in [4.69, 9.17) is 7.74 Å². The van der Waals surface area contributed by atoms with Gasteiger partial charge in [-0.05, 0) is 0 Å². The third-order valence-corrected chi connectivity index (χ3v) is 0.415. The summed E-state index contributed by atoms with van der Waals surface area (Å²) in [5.74, 6) is 0. The highest BCUT2D eigenvalue weighted by Gasteiger charge is 2.17. The van der Waals surface area contributed by atoms with E-state index in [-0.39, 0.29) is 0 Å². The predicted molar refractivity (Wildman–Crippen MR) is 23.0 cm³/mol. The first-order chi connectivity index (χ1) is 1.89. The maximum Gasteiger partial charge on any atom is 0 e. The van der Waals surface area contributed by atoms with Crippen LogP contribution in [0.1, 0.15) is 0 Å². The van der Waals surface area contributed by atoms with Crippen LogP contribution in [0.4, 0.5) is 0 Å². The maximum absolute atomic E-state index is 5.11. The minimum Gasteiger partial charge on any atom is 0 e. The molecule has 0 aromatic rings. The summed E-state index contributed by atoms with van der Waals surface area (Å²) in [6.07, 6.45) is 0.333. The summed E-state index contributed by atoms with van der Waals surface area (Å²) in [4.78, 5) is 0. The summed E-state index contributed by atoms with van der Waals surface area (Å²) in [6.45, 7) is 0. The topological polar surface area (TPSA) is 0 Å². The van der Waals surface area contributed by atoms with E-state index in [1.807, 2.05) is 14.1 Å². The molecule has 0 amide bonds. The molecule has 1 rings (SSSR count). The third-order valence-electron chi connectivity index (χ3n) is 0.415. The van der Waals surface area contributed by atoms with Crippen molar-refractivity contribution in [3.63, 3.8) is 0 Å². The molecule has 1 heterocycles. The molecule has 1 aliphatic rings. The zero-order valence-electron chi connectivity index (χ0n) is 2.31. The normalized spacial score (nSPS) is 17.5. The van der Waals surface area contributed by atoms with Crippen molar-refractivity contribution in [2.24, 2.45) is 0 Å². The van der Waals surface area contributed by atoms with Crippen LogP contribution < -0.4 is 0 Å². The van der Waals surface area contributed by atoms with Gasteiger partial charge in [-0.15, -0.1) is 0 Å². The van der Waals surface area contributed by atoms with Crippen molar-refractivity contribution in [2.45, 2.75) is 0 Å². The standard InChI is InChI=1S/B4/c1-4-2-3-4. The van der Waals surface area contributed by atoms with Crippen LogP contribution in [0, 0.1) is 0 Å². The highest BCUT2D eigenvalue weighted by Crippen LogP contribution is 1.79. The molecule has 0 unspecified atom stereocenters. The first-order valence-corrected chi connectivity index (χ1v) is 1.33. The Labute approximate surface area is 29.2 Å². The molecule has 12 valence electrons. The van der Waals surface area contributed by atoms with Gasteiger partial charge in [-0.25, -0.2) is 0 Å². The lowest BCUT2D eigenvalue weighted by atomic mass is 9.33. The third kappa shape index (κ3) is 0.337. The summed E-state index contributed by atoms with van der Waals surface area (Å²) in [5.41, 5.74) is 0. The Bertz CT molecular complexity index is 19.2.